The number of hydrogen-bond donors (Lipinski definition) is 1. The largest absolute Gasteiger partial charge is 0.324 e. The summed E-state index contributed by atoms with van der Waals surface area (Å²) in [6.45, 7) is 0. The number of nitrogens with two attached hydrogens (primary N) is 1. The summed E-state index contributed by atoms with van der Waals surface area (Å²) in [5.74, 6) is 0.469. The number of hydrogen-bond acceptors (Lipinski definition) is 2. The lowest BCUT2D eigenvalue weighted by molar-refractivity contribution is 0.460. The molecule has 0 fully saturated rings. The maximum Gasteiger partial charge on any atom is 0.0413 e. The van der Waals surface area contributed by atoms with Gasteiger partial charge in [0.05, 0.1) is 0 Å². The summed E-state index contributed by atoms with van der Waals surface area (Å²) in [6.07, 6.45) is 3.86. The van der Waals surface area contributed by atoms with E-state index in [1.54, 1.807) is 0 Å². The summed E-state index contributed by atoms with van der Waals surface area (Å²) in [5.41, 5.74) is 10.1. The van der Waals surface area contributed by atoms with Gasteiger partial charge >= 0.3 is 0 Å². The Morgan fingerprint density at radius 3 is 2.78 bits per heavy atom. The van der Waals surface area contributed by atoms with Gasteiger partial charge in [-0.15, -0.1) is 0 Å². The first-order chi connectivity index (χ1) is 8.74. The maximum absolute atomic E-state index is 6.33. The van der Waals surface area contributed by atoms with Crippen LogP contribution in [0, 0.1) is 5.92 Å². The van der Waals surface area contributed by atoms with E-state index in [0.717, 1.165) is 23.0 Å². The van der Waals surface area contributed by atoms with E-state index in [9.17, 15) is 0 Å². The summed E-state index contributed by atoms with van der Waals surface area (Å²) < 4.78 is 1.02. The van der Waals surface area contributed by atoms with Gasteiger partial charge in [0.1, 0.15) is 0 Å². The zero-order chi connectivity index (χ0) is 12.5. The highest BCUT2D eigenvalue weighted by Crippen LogP contribution is 2.35. The lowest BCUT2D eigenvalue weighted by atomic mass is 9.96. The van der Waals surface area contributed by atoms with Crippen LogP contribution in [0.25, 0.3) is 0 Å². The molecule has 1 aromatic heterocycles. The average molecular weight is 303 g/mol. The highest BCUT2D eigenvalue weighted by Gasteiger charge is 2.29. The first-order valence-corrected chi connectivity index (χ1v) is 6.97. The fraction of sp³-hybridized carbons (Fsp3) is 0.267. The van der Waals surface area contributed by atoms with Crippen LogP contribution in [0.1, 0.15) is 22.9 Å². The number of halogens is 1. The van der Waals surface area contributed by atoms with E-state index in [1.165, 1.54) is 11.1 Å². The van der Waals surface area contributed by atoms with Gasteiger partial charge in [-0.05, 0) is 57.9 Å². The van der Waals surface area contributed by atoms with E-state index < -0.39 is 0 Å². The second kappa shape index (κ2) is 4.82. The van der Waals surface area contributed by atoms with Gasteiger partial charge in [-0.25, -0.2) is 0 Å². The van der Waals surface area contributed by atoms with E-state index >= 15 is 0 Å². The zero-order valence-electron chi connectivity index (χ0n) is 10.0. The number of nitrogens with zero attached hydrogens (tertiary/aromatic N) is 1. The molecule has 0 bridgehead atoms. The van der Waals surface area contributed by atoms with Crippen molar-refractivity contribution in [2.45, 2.75) is 18.9 Å². The highest BCUT2D eigenvalue weighted by atomic mass is 79.9. The molecule has 2 unspecified atom stereocenters. The Morgan fingerprint density at radius 1 is 1.22 bits per heavy atom. The van der Waals surface area contributed by atoms with Crippen molar-refractivity contribution >= 4 is 15.9 Å². The fourth-order valence-corrected chi connectivity index (χ4v) is 2.94. The van der Waals surface area contributed by atoms with Gasteiger partial charge in [0.15, 0.2) is 0 Å². The van der Waals surface area contributed by atoms with Crippen molar-refractivity contribution in [1.29, 1.82) is 0 Å². The summed E-state index contributed by atoms with van der Waals surface area (Å²) in [7, 11) is 0. The normalized spacial score (nSPS) is 21.9. The second-order valence-corrected chi connectivity index (χ2v) is 5.78. The van der Waals surface area contributed by atoms with Crippen molar-refractivity contribution in [2.75, 3.05) is 0 Å². The van der Waals surface area contributed by atoms with Crippen LogP contribution in [0.2, 0.25) is 0 Å². The highest BCUT2D eigenvalue weighted by molar-refractivity contribution is 9.10. The molecule has 2 atom stereocenters. The Kier molecular flexibility index (Phi) is 3.18. The van der Waals surface area contributed by atoms with E-state index in [1.807, 2.05) is 12.3 Å². The maximum atomic E-state index is 6.33. The van der Waals surface area contributed by atoms with Crippen LogP contribution in [0.5, 0.6) is 0 Å². The van der Waals surface area contributed by atoms with Crippen molar-refractivity contribution in [3.8, 4) is 0 Å². The minimum absolute atomic E-state index is 0.145. The molecule has 1 heterocycles. The number of fused-ring (bicyclic) bond motifs is 1. The molecule has 2 N–H and O–H groups in total. The van der Waals surface area contributed by atoms with Gasteiger partial charge in [-0.2, -0.15) is 0 Å². The Bertz CT molecular complexity index is 551. The Hall–Kier alpha value is -1.19. The van der Waals surface area contributed by atoms with Crippen LogP contribution in [-0.4, -0.2) is 4.98 Å². The molecule has 0 radical (unpaired) electrons. The first-order valence-electron chi connectivity index (χ1n) is 6.18. The van der Waals surface area contributed by atoms with Crippen LogP contribution in [-0.2, 0) is 12.8 Å². The third-order valence-electron chi connectivity index (χ3n) is 3.66. The molecule has 1 aliphatic rings. The molecule has 0 saturated heterocycles. The van der Waals surface area contributed by atoms with Gasteiger partial charge in [-0.1, -0.05) is 24.3 Å². The Labute approximate surface area is 115 Å². The molecule has 0 saturated carbocycles. The summed E-state index contributed by atoms with van der Waals surface area (Å²) in [5, 5.41) is 0. The Morgan fingerprint density at radius 2 is 2.06 bits per heavy atom. The minimum Gasteiger partial charge on any atom is -0.324 e. The molecule has 2 nitrogen and oxygen atoms in total. The van der Waals surface area contributed by atoms with Crippen LogP contribution >= 0.6 is 15.9 Å². The zero-order valence-corrected chi connectivity index (χ0v) is 11.6. The molecule has 3 rings (SSSR count). The molecule has 2 aromatic rings. The molecule has 92 valence electrons. The molecular weight excluding hydrogens is 288 g/mol. The molecule has 18 heavy (non-hydrogen) atoms. The second-order valence-electron chi connectivity index (χ2n) is 4.86. The van der Waals surface area contributed by atoms with Crippen molar-refractivity contribution in [2.24, 2.45) is 11.7 Å². The first kappa shape index (κ1) is 11.9. The predicted molar refractivity (Wildman–Crippen MR) is 76.2 cm³/mol. The van der Waals surface area contributed by atoms with Crippen LogP contribution in [0.4, 0.5) is 0 Å². The number of benzene rings is 1. The fourth-order valence-electron chi connectivity index (χ4n) is 2.70. The number of aromatic nitrogens is 1. The van der Waals surface area contributed by atoms with Gasteiger partial charge in [-0.3, -0.25) is 4.98 Å². The smallest absolute Gasteiger partial charge is 0.0413 e. The summed E-state index contributed by atoms with van der Waals surface area (Å²) in [4.78, 5) is 4.44. The number of pyridine rings is 1. The monoisotopic (exact) mass is 302 g/mol. The van der Waals surface area contributed by atoms with Gasteiger partial charge in [0.25, 0.3) is 0 Å². The van der Waals surface area contributed by atoms with Crippen molar-refractivity contribution in [1.82, 2.24) is 4.98 Å². The standard InChI is InChI=1S/C15H15BrN2/c16-12-5-6-13(18-9-12)8-11-7-10-3-1-2-4-14(10)15(11)17/h1-6,9,11,15H,7-8,17H2. The van der Waals surface area contributed by atoms with E-state index in [-0.39, 0.29) is 6.04 Å². The molecule has 3 heteroatoms. The predicted octanol–water partition coefficient (Wildman–Crippen LogP) is 3.26. The van der Waals surface area contributed by atoms with Crippen LogP contribution in [0.15, 0.2) is 47.1 Å². The minimum atomic E-state index is 0.145. The lowest BCUT2D eigenvalue weighted by Crippen LogP contribution is -2.19. The van der Waals surface area contributed by atoms with Gasteiger partial charge < -0.3 is 5.73 Å². The Balaban J connectivity index is 1.78. The molecule has 0 aliphatic heterocycles. The van der Waals surface area contributed by atoms with Crippen molar-refractivity contribution < 1.29 is 0 Å². The van der Waals surface area contributed by atoms with Gasteiger partial charge in [0.2, 0.25) is 0 Å². The molecule has 1 aliphatic carbocycles. The van der Waals surface area contributed by atoms with Crippen LogP contribution in [0.3, 0.4) is 0 Å². The van der Waals surface area contributed by atoms with Crippen LogP contribution < -0.4 is 5.73 Å². The number of rotatable bonds is 2. The topological polar surface area (TPSA) is 38.9 Å². The van der Waals surface area contributed by atoms with E-state index in [2.05, 4.69) is 51.2 Å². The summed E-state index contributed by atoms with van der Waals surface area (Å²) in [6, 6.07) is 12.7. The molecule has 1 aromatic carbocycles. The SMILES string of the molecule is NC1c2ccccc2CC1Cc1ccc(Br)cn1. The third-order valence-corrected chi connectivity index (χ3v) is 4.13. The molecule has 0 spiro atoms. The average Bonchev–Trinajstić information content (AvgIpc) is 2.70. The van der Waals surface area contributed by atoms with Crippen molar-refractivity contribution in [3.05, 3.63) is 63.9 Å². The van der Waals surface area contributed by atoms with Gasteiger partial charge in [0, 0.05) is 22.4 Å². The summed E-state index contributed by atoms with van der Waals surface area (Å²) >= 11 is 3.41. The lowest BCUT2D eigenvalue weighted by Gasteiger charge is -2.15. The van der Waals surface area contributed by atoms with E-state index in [4.69, 9.17) is 5.73 Å². The molecular formula is C15H15BrN2. The quantitative estimate of drug-likeness (QED) is 0.925. The molecule has 0 amide bonds. The third kappa shape index (κ3) is 2.20. The van der Waals surface area contributed by atoms with Crippen molar-refractivity contribution in [3.63, 3.8) is 0 Å². The van der Waals surface area contributed by atoms with E-state index in [0.29, 0.717) is 5.92 Å².